The summed E-state index contributed by atoms with van der Waals surface area (Å²) in [7, 11) is 1.81. The summed E-state index contributed by atoms with van der Waals surface area (Å²) >= 11 is 0. The van der Waals surface area contributed by atoms with Gasteiger partial charge in [-0.3, -0.25) is 9.59 Å². The SMILES string of the molecule is CCC(CNC(=O)c1ccc(C)n1C)(C(=O)O)c1ccccc1. The molecule has 1 aromatic heterocycles. The van der Waals surface area contributed by atoms with Gasteiger partial charge in [-0.15, -0.1) is 0 Å². The zero-order valence-corrected chi connectivity index (χ0v) is 13.7. The van der Waals surface area contributed by atoms with Gasteiger partial charge in [-0.2, -0.15) is 0 Å². The minimum absolute atomic E-state index is 0.0475. The maximum Gasteiger partial charge on any atom is 0.315 e. The van der Waals surface area contributed by atoms with Crippen molar-refractivity contribution in [3.8, 4) is 0 Å². The molecule has 1 amide bonds. The van der Waals surface area contributed by atoms with Crippen LogP contribution in [0.15, 0.2) is 42.5 Å². The molecule has 1 unspecified atom stereocenters. The van der Waals surface area contributed by atoms with Crippen LogP contribution >= 0.6 is 0 Å². The first kappa shape index (κ1) is 16.8. The van der Waals surface area contributed by atoms with Crippen molar-refractivity contribution in [3.63, 3.8) is 0 Å². The highest BCUT2D eigenvalue weighted by Crippen LogP contribution is 2.28. The van der Waals surface area contributed by atoms with E-state index in [9.17, 15) is 14.7 Å². The van der Waals surface area contributed by atoms with E-state index in [1.807, 2.05) is 45.2 Å². The number of rotatable bonds is 6. The average molecular weight is 314 g/mol. The number of aryl methyl sites for hydroxylation is 1. The number of aliphatic carboxylic acids is 1. The Balaban J connectivity index is 2.24. The van der Waals surface area contributed by atoms with Gasteiger partial charge in [-0.1, -0.05) is 37.3 Å². The van der Waals surface area contributed by atoms with Crippen molar-refractivity contribution in [1.29, 1.82) is 0 Å². The maximum atomic E-state index is 12.4. The molecule has 0 saturated carbocycles. The first-order valence-electron chi connectivity index (χ1n) is 7.62. The van der Waals surface area contributed by atoms with Gasteiger partial charge in [0, 0.05) is 19.3 Å². The Kier molecular flexibility index (Phi) is 4.89. The molecule has 2 N–H and O–H groups in total. The second-order valence-electron chi connectivity index (χ2n) is 5.71. The van der Waals surface area contributed by atoms with Gasteiger partial charge in [-0.25, -0.2) is 0 Å². The van der Waals surface area contributed by atoms with E-state index in [0.29, 0.717) is 17.7 Å². The largest absolute Gasteiger partial charge is 0.481 e. The molecule has 0 fully saturated rings. The molecule has 5 nitrogen and oxygen atoms in total. The van der Waals surface area contributed by atoms with Crippen LogP contribution in [-0.2, 0) is 17.3 Å². The van der Waals surface area contributed by atoms with Crippen molar-refractivity contribution < 1.29 is 14.7 Å². The van der Waals surface area contributed by atoms with Gasteiger partial charge >= 0.3 is 5.97 Å². The number of nitrogens with one attached hydrogen (secondary N) is 1. The van der Waals surface area contributed by atoms with Crippen molar-refractivity contribution >= 4 is 11.9 Å². The summed E-state index contributed by atoms with van der Waals surface area (Å²) in [5, 5.41) is 12.5. The van der Waals surface area contributed by atoms with Crippen LogP contribution in [-0.4, -0.2) is 28.1 Å². The van der Waals surface area contributed by atoms with Crippen LogP contribution in [0.5, 0.6) is 0 Å². The van der Waals surface area contributed by atoms with Crippen molar-refractivity contribution in [2.24, 2.45) is 7.05 Å². The van der Waals surface area contributed by atoms with Gasteiger partial charge in [0.05, 0.1) is 0 Å². The van der Waals surface area contributed by atoms with Gasteiger partial charge in [0.25, 0.3) is 5.91 Å². The minimum Gasteiger partial charge on any atom is -0.481 e. The Morgan fingerprint density at radius 2 is 1.83 bits per heavy atom. The number of hydrogen-bond acceptors (Lipinski definition) is 2. The third kappa shape index (κ3) is 3.13. The average Bonchev–Trinajstić information content (AvgIpc) is 2.88. The quantitative estimate of drug-likeness (QED) is 0.860. The fraction of sp³-hybridized carbons (Fsp3) is 0.333. The number of benzene rings is 1. The summed E-state index contributed by atoms with van der Waals surface area (Å²) in [6.45, 7) is 3.78. The third-order valence-electron chi connectivity index (χ3n) is 4.50. The zero-order chi connectivity index (χ0) is 17.0. The number of carbonyl (C=O) groups excluding carboxylic acids is 1. The number of aromatic nitrogens is 1. The summed E-state index contributed by atoms with van der Waals surface area (Å²) in [5.41, 5.74) is 1.06. The topological polar surface area (TPSA) is 71.3 Å². The van der Waals surface area contributed by atoms with Gasteiger partial charge in [-0.05, 0) is 31.0 Å². The predicted molar refractivity (Wildman–Crippen MR) is 88.5 cm³/mol. The Morgan fingerprint density at radius 3 is 2.30 bits per heavy atom. The number of nitrogens with zero attached hydrogens (tertiary/aromatic N) is 1. The van der Waals surface area contributed by atoms with E-state index >= 15 is 0 Å². The lowest BCUT2D eigenvalue weighted by Gasteiger charge is -2.29. The zero-order valence-electron chi connectivity index (χ0n) is 13.7. The van der Waals surface area contributed by atoms with E-state index in [1.54, 1.807) is 22.8 Å². The summed E-state index contributed by atoms with van der Waals surface area (Å²) < 4.78 is 1.78. The van der Waals surface area contributed by atoms with Crippen LogP contribution in [0, 0.1) is 6.92 Å². The predicted octanol–water partition coefficient (Wildman–Crippen LogP) is 2.50. The number of hydrogen-bond donors (Lipinski definition) is 2. The molecule has 0 aliphatic rings. The molecule has 2 rings (SSSR count). The van der Waals surface area contributed by atoms with Crippen LogP contribution in [0.2, 0.25) is 0 Å². The molecule has 122 valence electrons. The number of carbonyl (C=O) groups is 2. The number of carboxylic acid groups (broad SMARTS) is 1. The summed E-state index contributed by atoms with van der Waals surface area (Å²) in [4.78, 5) is 24.3. The third-order valence-corrected chi connectivity index (χ3v) is 4.50. The van der Waals surface area contributed by atoms with E-state index in [1.165, 1.54) is 0 Å². The smallest absolute Gasteiger partial charge is 0.315 e. The Morgan fingerprint density at radius 1 is 1.17 bits per heavy atom. The molecule has 23 heavy (non-hydrogen) atoms. The summed E-state index contributed by atoms with van der Waals surface area (Å²) in [6, 6.07) is 12.6. The van der Waals surface area contributed by atoms with E-state index in [2.05, 4.69) is 5.32 Å². The summed E-state index contributed by atoms with van der Waals surface area (Å²) in [5.74, 6) is -1.20. The van der Waals surface area contributed by atoms with E-state index in [0.717, 1.165) is 5.69 Å². The monoisotopic (exact) mass is 314 g/mol. The van der Waals surface area contributed by atoms with Crippen LogP contribution in [0.3, 0.4) is 0 Å². The van der Waals surface area contributed by atoms with Crippen molar-refractivity contribution in [1.82, 2.24) is 9.88 Å². The van der Waals surface area contributed by atoms with Crippen LogP contribution in [0.1, 0.15) is 35.1 Å². The Labute approximate surface area is 135 Å². The van der Waals surface area contributed by atoms with Crippen molar-refractivity contribution in [2.45, 2.75) is 25.7 Å². The standard InChI is InChI=1S/C18H22N2O3/c1-4-18(17(22)23,14-8-6-5-7-9-14)12-19-16(21)15-11-10-13(2)20(15)3/h5-11H,4,12H2,1-3H3,(H,19,21)(H,22,23). The van der Waals surface area contributed by atoms with Crippen molar-refractivity contribution in [2.75, 3.05) is 6.54 Å². The van der Waals surface area contributed by atoms with Gasteiger partial charge in [0.15, 0.2) is 0 Å². The lowest BCUT2D eigenvalue weighted by molar-refractivity contribution is -0.143. The molecule has 0 aliphatic carbocycles. The maximum absolute atomic E-state index is 12.4. The molecule has 0 aliphatic heterocycles. The Bertz CT molecular complexity index is 706. The molecular weight excluding hydrogens is 292 g/mol. The van der Waals surface area contributed by atoms with Crippen LogP contribution in [0.25, 0.3) is 0 Å². The number of amides is 1. The fourth-order valence-electron chi connectivity index (χ4n) is 2.70. The van der Waals surface area contributed by atoms with E-state index in [-0.39, 0.29) is 12.5 Å². The molecule has 0 bridgehead atoms. The lowest BCUT2D eigenvalue weighted by atomic mass is 9.78. The van der Waals surface area contributed by atoms with E-state index < -0.39 is 11.4 Å². The summed E-state index contributed by atoms with van der Waals surface area (Å²) in [6.07, 6.45) is 0.388. The molecule has 1 atom stereocenters. The van der Waals surface area contributed by atoms with Crippen LogP contribution < -0.4 is 5.32 Å². The number of carboxylic acids is 1. The second-order valence-corrected chi connectivity index (χ2v) is 5.71. The van der Waals surface area contributed by atoms with Crippen LogP contribution in [0.4, 0.5) is 0 Å². The first-order valence-corrected chi connectivity index (χ1v) is 7.62. The second kappa shape index (κ2) is 6.69. The van der Waals surface area contributed by atoms with Crippen molar-refractivity contribution in [3.05, 3.63) is 59.4 Å². The first-order chi connectivity index (χ1) is 10.9. The molecule has 0 saturated heterocycles. The molecule has 1 heterocycles. The molecule has 2 aromatic rings. The molecular formula is C18H22N2O3. The highest BCUT2D eigenvalue weighted by Gasteiger charge is 2.39. The highest BCUT2D eigenvalue weighted by molar-refractivity contribution is 5.93. The Hall–Kier alpha value is -2.56. The van der Waals surface area contributed by atoms with Gasteiger partial charge in [0.2, 0.25) is 0 Å². The van der Waals surface area contributed by atoms with Gasteiger partial charge < -0.3 is 15.0 Å². The molecule has 0 radical (unpaired) electrons. The molecule has 0 spiro atoms. The molecule has 5 heteroatoms. The minimum atomic E-state index is -1.13. The molecule has 1 aromatic carbocycles. The highest BCUT2D eigenvalue weighted by atomic mass is 16.4. The van der Waals surface area contributed by atoms with Gasteiger partial charge in [0.1, 0.15) is 11.1 Å². The fourth-order valence-corrected chi connectivity index (χ4v) is 2.70. The normalized spacial score (nSPS) is 13.3. The lowest BCUT2D eigenvalue weighted by Crippen LogP contribution is -2.46. The van der Waals surface area contributed by atoms with E-state index in [4.69, 9.17) is 0 Å².